The second-order valence-electron chi connectivity index (χ2n) is 8.13. The van der Waals surface area contributed by atoms with Crippen molar-refractivity contribution in [2.24, 2.45) is 0 Å². The Balaban J connectivity index is 1.44. The fourth-order valence-corrected chi connectivity index (χ4v) is 3.91. The number of nitrogens with zero attached hydrogens (tertiary/aromatic N) is 5. The predicted octanol–water partition coefficient (Wildman–Crippen LogP) is 3.20. The molecule has 0 saturated carbocycles. The highest BCUT2D eigenvalue weighted by Gasteiger charge is 2.23. The normalized spacial score (nSPS) is 14.1. The minimum atomic E-state index is -0.250. The van der Waals surface area contributed by atoms with Gasteiger partial charge in [0.05, 0.1) is 18.0 Å². The summed E-state index contributed by atoms with van der Waals surface area (Å²) in [7, 11) is 1.61. The molecule has 2 aromatic heterocycles. The zero-order valence-electron chi connectivity index (χ0n) is 18.7. The quantitative estimate of drug-likeness (QED) is 0.593. The smallest absolute Gasteiger partial charge is 0.244 e. The van der Waals surface area contributed by atoms with E-state index in [9.17, 15) is 9.18 Å². The number of halogens is 1. The lowest BCUT2D eigenvalue weighted by Gasteiger charge is -2.35. The van der Waals surface area contributed by atoms with Crippen LogP contribution < -0.4 is 4.90 Å². The van der Waals surface area contributed by atoms with E-state index in [2.05, 4.69) is 21.0 Å². The van der Waals surface area contributed by atoms with E-state index in [1.54, 1.807) is 30.8 Å². The third kappa shape index (κ3) is 4.80. The molecule has 4 rings (SSSR count). The van der Waals surface area contributed by atoms with Crippen LogP contribution in [0.15, 0.2) is 42.6 Å². The van der Waals surface area contributed by atoms with Gasteiger partial charge in [-0.05, 0) is 61.4 Å². The minimum absolute atomic E-state index is 0.0177. The van der Waals surface area contributed by atoms with Gasteiger partial charge in [0.15, 0.2) is 0 Å². The number of ether oxygens (including phenoxy) is 1. The number of carbonyl (C=O) groups excluding carboxylic acids is 1. The van der Waals surface area contributed by atoms with E-state index in [0.29, 0.717) is 31.0 Å². The first kappa shape index (κ1) is 22.0. The van der Waals surface area contributed by atoms with E-state index < -0.39 is 0 Å². The number of methoxy groups -OCH3 is 1. The van der Waals surface area contributed by atoms with Crippen LogP contribution in [0.5, 0.6) is 0 Å². The van der Waals surface area contributed by atoms with Crippen molar-refractivity contribution >= 4 is 11.7 Å². The molecule has 0 bridgehead atoms. The van der Waals surface area contributed by atoms with Gasteiger partial charge in [0.2, 0.25) is 5.91 Å². The number of hydrogen-bond donors (Lipinski definition) is 0. The van der Waals surface area contributed by atoms with E-state index in [4.69, 9.17) is 4.74 Å². The summed E-state index contributed by atoms with van der Waals surface area (Å²) in [6, 6.07) is 10.8. The lowest BCUT2D eigenvalue weighted by atomic mass is 10.1. The zero-order chi connectivity index (χ0) is 22.7. The molecule has 168 valence electrons. The van der Waals surface area contributed by atoms with E-state index in [-0.39, 0.29) is 18.3 Å². The van der Waals surface area contributed by atoms with Gasteiger partial charge in [-0.15, -0.1) is 0 Å². The molecule has 0 N–H and O–H groups in total. The van der Waals surface area contributed by atoms with Gasteiger partial charge in [-0.25, -0.2) is 9.37 Å². The van der Waals surface area contributed by atoms with Crippen LogP contribution in [0.3, 0.4) is 0 Å². The van der Waals surface area contributed by atoms with Crippen molar-refractivity contribution in [3.8, 4) is 11.3 Å². The van der Waals surface area contributed by atoms with Crippen molar-refractivity contribution < 1.29 is 13.9 Å². The highest BCUT2D eigenvalue weighted by Crippen LogP contribution is 2.23. The summed E-state index contributed by atoms with van der Waals surface area (Å²) < 4.78 is 20.6. The van der Waals surface area contributed by atoms with Gasteiger partial charge in [0, 0.05) is 45.0 Å². The summed E-state index contributed by atoms with van der Waals surface area (Å²) in [5.74, 6) is 0.718. The monoisotopic (exact) mass is 437 g/mol. The van der Waals surface area contributed by atoms with Crippen molar-refractivity contribution in [2.45, 2.75) is 27.0 Å². The number of hydrogen-bond acceptors (Lipinski definition) is 5. The average Bonchev–Trinajstić information content (AvgIpc) is 3.18. The lowest BCUT2D eigenvalue weighted by Crippen LogP contribution is -2.50. The van der Waals surface area contributed by atoms with E-state index in [1.165, 1.54) is 11.6 Å². The number of pyridine rings is 1. The Bertz CT molecular complexity index is 1110. The molecule has 32 heavy (non-hydrogen) atoms. The average molecular weight is 438 g/mol. The van der Waals surface area contributed by atoms with Crippen molar-refractivity contribution in [3.63, 3.8) is 0 Å². The van der Waals surface area contributed by atoms with E-state index in [1.807, 2.05) is 30.2 Å². The van der Waals surface area contributed by atoms with Gasteiger partial charge in [0.25, 0.3) is 0 Å². The SMILES string of the molecule is COCc1cc(-c2ccc(F)c(C)c2)nn1CC(=O)N1CCN(c2cc(C)ccn2)CC1. The number of amides is 1. The molecule has 1 aromatic carbocycles. The third-order valence-corrected chi connectivity index (χ3v) is 5.75. The van der Waals surface area contributed by atoms with Crippen LogP contribution in [0.25, 0.3) is 11.3 Å². The molecular formula is C24H28FN5O2. The summed E-state index contributed by atoms with van der Waals surface area (Å²) in [5, 5.41) is 4.62. The number of piperazine rings is 1. The Hall–Kier alpha value is -3.26. The van der Waals surface area contributed by atoms with Gasteiger partial charge in [-0.3, -0.25) is 9.48 Å². The molecule has 1 aliphatic rings. The highest BCUT2D eigenvalue weighted by molar-refractivity contribution is 5.76. The maximum atomic E-state index is 13.7. The molecule has 0 aliphatic carbocycles. The molecule has 1 aliphatic heterocycles. The minimum Gasteiger partial charge on any atom is -0.378 e. The molecule has 0 atom stereocenters. The number of aromatic nitrogens is 3. The van der Waals surface area contributed by atoms with Crippen LogP contribution in [-0.2, 0) is 22.7 Å². The standard InChI is InChI=1S/C24H28FN5O2/c1-17-6-7-26-23(12-17)28-8-10-29(11-9-28)24(31)15-30-20(16-32-3)14-22(27-30)19-4-5-21(25)18(2)13-19/h4-7,12-14H,8-11,15-16H2,1-3H3. The van der Waals surface area contributed by atoms with Gasteiger partial charge >= 0.3 is 0 Å². The molecule has 1 amide bonds. The first-order chi connectivity index (χ1) is 15.4. The van der Waals surface area contributed by atoms with Gasteiger partial charge in [0.1, 0.15) is 18.2 Å². The number of carbonyl (C=O) groups is 1. The Labute approximate surface area is 187 Å². The van der Waals surface area contributed by atoms with E-state index in [0.717, 1.165) is 30.2 Å². The Morgan fingerprint density at radius 2 is 1.88 bits per heavy atom. The number of benzene rings is 1. The largest absolute Gasteiger partial charge is 0.378 e. The molecule has 0 unspecified atom stereocenters. The Morgan fingerprint density at radius 1 is 1.09 bits per heavy atom. The highest BCUT2D eigenvalue weighted by atomic mass is 19.1. The Kier molecular flexibility index (Phi) is 6.50. The summed E-state index contributed by atoms with van der Waals surface area (Å²) in [6.07, 6.45) is 1.82. The fourth-order valence-electron chi connectivity index (χ4n) is 3.91. The second-order valence-corrected chi connectivity index (χ2v) is 8.13. The second kappa shape index (κ2) is 9.48. The maximum Gasteiger partial charge on any atom is 0.244 e. The molecule has 0 radical (unpaired) electrons. The van der Waals surface area contributed by atoms with Gasteiger partial charge in [-0.2, -0.15) is 5.10 Å². The van der Waals surface area contributed by atoms with Crippen molar-refractivity contribution in [2.75, 3.05) is 38.2 Å². The molecule has 1 saturated heterocycles. The molecule has 8 heteroatoms. The molecular weight excluding hydrogens is 409 g/mol. The van der Waals surface area contributed by atoms with Crippen LogP contribution in [0.4, 0.5) is 10.2 Å². The molecule has 0 spiro atoms. The lowest BCUT2D eigenvalue weighted by molar-refractivity contribution is -0.132. The zero-order valence-corrected chi connectivity index (χ0v) is 18.7. The van der Waals surface area contributed by atoms with Crippen LogP contribution in [0.1, 0.15) is 16.8 Å². The number of aryl methyl sites for hydroxylation is 2. The summed E-state index contributed by atoms with van der Waals surface area (Å²) >= 11 is 0. The van der Waals surface area contributed by atoms with Gasteiger partial charge in [-0.1, -0.05) is 0 Å². The number of anilines is 1. The molecule has 1 fully saturated rings. The van der Waals surface area contributed by atoms with Crippen LogP contribution in [0, 0.1) is 19.7 Å². The maximum absolute atomic E-state index is 13.7. The topological polar surface area (TPSA) is 63.5 Å². The summed E-state index contributed by atoms with van der Waals surface area (Å²) in [4.78, 5) is 21.5. The molecule has 3 aromatic rings. The first-order valence-electron chi connectivity index (χ1n) is 10.7. The summed E-state index contributed by atoms with van der Waals surface area (Å²) in [5.41, 5.74) is 4.04. The molecule has 3 heterocycles. The number of rotatable bonds is 6. The van der Waals surface area contributed by atoms with Crippen molar-refractivity contribution in [3.05, 3.63) is 65.2 Å². The van der Waals surface area contributed by atoms with Crippen LogP contribution >= 0.6 is 0 Å². The molecule has 7 nitrogen and oxygen atoms in total. The first-order valence-corrected chi connectivity index (χ1v) is 10.7. The van der Waals surface area contributed by atoms with Crippen molar-refractivity contribution in [1.82, 2.24) is 19.7 Å². The van der Waals surface area contributed by atoms with E-state index >= 15 is 0 Å². The van der Waals surface area contributed by atoms with Gasteiger partial charge < -0.3 is 14.5 Å². The Morgan fingerprint density at radius 3 is 2.56 bits per heavy atom. The van der Waals surface area contributed by atoms with Crippen molar-refractivity contribution in [1.29, 1.82) is 0 Å². The summed E-state index contributed by atoms with van der Waals surface area (Å²) in [6.45, 7) is 7.02. The van der Waals surface area contributed by atoms with Crippen LogP contribution in [-0.4, -0.2) is 58.9 Å². The van der Waals surface area contributed by atoms with Crippen LogP contribution in [0.2, 0.25) is 0 Å². The third-order valence-electron chi connectivity index (χ3n) is 5.75. The fraction of sp³-hybridized carbons (Fsp3) is 0.375. The predicted molar refractivity (Wildman–Crippen MR) is 121 cm³/mol.